The fourth-order valence-electron chi connectivity index (χ4n) is 2.06. The standard InChI is InChI=1S/C13H25N3S/c1-5-11-8-13(16(7-3)15-11)9-12(10-17-4)14-6-2/h8,12,14H,5-7,9-10H2,1-4H3. The lowest BCUT2D eigenvalue weighted by molar-refractivity contribution is 0.533. The van der Waals surface area contributed by atoms with E-state index in [0.717, 1.165) is 31.7 Å². The summed E-state index contributed by atoms with van der Waals surface area (Å²) in [5.74, 6) is 1.16. The Bertz CT molecular complexity index is 316. The molecule has 0 aliphatic rings. The molecule has 1 N–H and O–H groups in total. The van der Waals surface area contributed by atoms with E-state index in [1.54, 1.807) is 0 Å². The summed E-state index contributed by atoms with van der Waals surface area (Å²) >= 11 is 1.90. The first-order chi connectivity index (χ1) is 8.24. The molecule has 0 radical (unpaired) electrons. The van der Waals surface area contributed by atoms with Gasteiger partial charge in [0.2, 0.25) is 0 Å². The van der Waals surface area contributed by atoms with Gasteiger partial charge < -0.3 is 5.32 Å². The number of aromatic nitrogens is 2. The van der Waals surface area contributed by atoms with E-state index in [-0.39, 0.29) is 0 Å². The minimum absolute atomic E-state index is 0.557. The maximum absolute atomic E-state index is 4.60. The van der Waals surface area contributed by atoms with Gasteiger partial charge in [-0.1, -0.05) is 13.8 Å². The number of thioether (sulfide) groups is 1. The molecule has 1 heterocycles. The molecule has 1 unspecified atom stereocenters. The van der Waals surface area contributed by atoms with Crippen LogP contribution in [-0.2, 0) is 19.4 Å². The molecule has 0 saturated carbocycles. The number of rotatable bonds is 8. The van der Waals surface area contributed by atoms with Gasteiger partial charge in [0.1, 0.15) is 0 Å². The van der Waals surface area contributed by atoms with Gasteiger partial charge in [0.15, 0.2) is 0 Å². The number of hydrogen-bond acceptors (Lipinski definition) is 3. The zero-order chi connectivity index (χ0) is 12.7. The first-order valence-electron chi connectivity index (χ1n) is 6.52. The molecule has 17 heavy (non-hydrogen) atoms. The highest BCUT2D eigenvalue weighted by Gasteiger charge is 2.12. The van der Waals surface area contributed by atoms with Crippen molar-refractivity contribution in [3.8, 4) is 0 Å². The van der Waals surface area contributed by atoms with Crippen molar-refractivity contribution in [1.29, 1.82) is 0 Å². The summed E-state index contributed by atoms with van der Waals surface area (Å²) in [7, 11) is 0. The van der Waals surface area contributed by atoms with E-state index in [2.05, 4.69) is 48.2 Å². The Morgan fingerprint density at radius 3 is 2.71 bits per heavy atom. The van der Waals surface area contributed by atoms with E-state index >= 15 is 0 Å². The number of nitrogens with one attached hydrogen (secondary N) is 1. The molecule has 0 spiro atoms. The van der Waals surface area contributed by atoms with E-state index in [4.69, 9.17) is 0 Å². The molecule has 98 valence electrons. The third-order valence-electron chi connectivity index (χ3n) is 2.89. The molecule has 1 atom stereocenters. The molecule has 0 aliphatic carbocycles. The topological polar surface area (TPSA) is 29.9 Å². The zero-order valence-electron chi connectivity index (χ0n) is 11.5. The lowest BCUT2D eigenvalue weighted by atomic mass is 10.1. The molecule has 4 heteroatoms. The molecule has 3 nitrogen and oxygen atoms in total. The summed E-state index contributed by atoms with van der Waals surface area (Å²) in [5.41, 5.74) is 2.57. The normalized spacial score (nSPS) is 12.9. The van der Waals surface area contributed by atoms with Crippen molar-refractivity contribution in [3.05, 3.63) is 17.5 Å². The summed E-state index contributed by atoms with van der Waals surface area (Å²) in [5, 5.41) is 8.15. The van der Waals surface area contributed by atoms with Gasteiger partial charge in [-0.2, -0.15) is 16.9 Å². The molecule has 0 bridgehead atoms. The Balaban J connectivity index is 2.72. The van der Waals surface area contributed by atoms with Crippen molar-refractivity contribution >= 4 is 11.8 Å². The Morgan fingerprint density at radius 2 is 2.18 bits per heavy atom. The Morgan fingerprint density at radius 1 is 1.41 bits per heavy atom. The Labute approximate surface area is 109 Å². The number of nitrogens with zero attached hydrogens (tertiary/aromatic N) is 2. The van der Waals surface area contributed by atoms with E-state index in [9.17, 15) is 0 Å². The van der Waals surface area contributed by atoms with Gasteiger partial charge in [0.25, 0.3) is 0 Å². The smallest absolute Gasteiger partial charge is 0.0624 e. The van der Waals surface area contributed by atoms with E-state index in [0.29, 0.717) is 6.04 Å². The van der Waals surface area contributed by atoms with Crippen LogP contribution in [0, 0.1) is 0 Å². The molecular weight excluding hydrogens is 230 g/mol. The highest BCUT2D eigenvalue weighted by molar-refractivity contribution is 7.98. The zero-order valence-corrected chi connectivity index (χ0v) is 12.3. The molecule has 1 aromatic rings. The van der Waals surface area contributed by atoms with Crippen molar-refractivity contribution in [1.82, 2.24) is 15.1 Å². The van der Waals surface area contributed by atoms with Crippen molar-refractivity contribution in [2.45, 2.75) is 46.2 Å². The van der Waals surface area contributed by atoms with Gasteiger partial charge in [0.05, 0.1) is 5.69 Å². The van der Waals surface area contributed by atoms with Gasteiger partial charge in [-0.25, -0.2) is 0 Å². The van der Waals surface area contributed by atoms with Crippen molar-refractivity contribution in [2.75, 3.05) is 18.6 Å². The fourth-order valence-corrected chi connectivity index (χ4v) is 2.70. The predicted octanol–water partition coefficient (Wildman–Crippen LogP) is 2.35. The SMILES string of the molecule is CCNC(CSC)Cc1cc(CC)nn1CC. The van der Waals surface area contributed by atoms with Gasteiger partial charge in [0, 0.05) is 30.5 Å². The number of hydrogen-bond donors (Lipinski definition) is 1. The summed E-state index contributed by atoms with van der Waals surface area (Å²) in [6.07, 6.45) is 4.27. The summed E-state index contributed by atoms with van der Waals surface area (Å²) in [6, 6.07) is 2.82. The highest BCUT2D eigenvalue weighted by Crippen LogP contribution is 2.10. The summed E-state index contributed by atoms with van der Waals surface area (Å²) in [4.78, 5) is 0. The van der Waals surface area contributed by atoms with E-state index in [1.807, 2.05) is 11.8 Å². The van der Waals surface area contributed by atoms with E-state index in [1.165, 1.54) is 11.4 Å². The van der Waals surface area contributed by atoms with Crippen LogP contribution in [0.15, 0.2) is 6.07 Å². The van der Waals surface area contributed by atoms with Crippen LogP contribution in [0.4, 0.5) is 0 Å². The van der Waals surface area contributed by atoms with Crippen LogP contribution in [0.25, 0.3) is 0 Å². The molecule has 0 amide bonds. The van der Waals surface area contributed by atoms with E-state index < -0.39 is 0 Å². The quantitative estimate of drug-likeness (QED) is 0.773. The first kappa shape index (κ1) is 14.6. The minimum atomic E-state index is 0.557. The van der Waals surface area contributed by atoms with Gasteiger partial charge in [-0.05, 0) is 32.2 Å². The van der Waals surface area contributed by atoms with Crippen molar-refractivity contribution < 1.29 is 0 Å². The average Bonchev–Trinajstić information content (AvgIpc) is 2.72. The largest absolute Gasteiger partial charge is 0.313 e. The van der Waals surface area contributed by atoms with Crippen LogP contribution in [0.3, 0.4) is 0 Å². The van der Waals surface area contributed by atoms with Crippen LogP contribution in [0.5, 0.6) is 0 Å². The van der Waals surface area contributed by atoms with Gasteiger partial charge in [-0.15, -0.1) is 0 Å². The summed E-state index contributed by atoms with van der Waals surface area (Å²) in [6.45, 7) is 8.49. The molecular formula is C13H25N3S. The second kappa shape index (κ2) is 7.77. The number of aryl methyl sites for hydroxylation is 2. The lowest BCUT2D eigenvalue weighted by Crippen LogP contribution is -2.33. The van der Waals surface area contributed by atoms with Crippen LogP contribution in [0.1, 0.15) is 32.2 Å². The molecule has 0 saturated heterocycles. The highest BCUT2D eigenvalue weighted by atomic mass is 32.2. The van der Waals surface area contributed by atoms with Crippen LogP contribution in [-0.4, -0.2) is 34.4 Å². The third kappa shape index (κ3) is 4.36. The summed E-state index contributed by atoms with van der Waals surface area (Å²) < 4.78 is 2.14. The third-order valence-corrected chi connectivity index (χ3v) is 3.63. The molecule has 0 aromatic carbocycles. The Kier molecular flexibility index (Phi) is 6.66. The minimum Gasteiger partial charge on any atom is -0.313 e. The molecule has 1 rings (SSSR count). The maximum atomic E-state index is 4.60. The van der Waals surface area contributed by atoms with Crippen LogP contribution < -0.4 is 5.32 Å². The second-order valence-electron chi connectivity index (χ2n) is 4.21. The molecule has 0 aliphatic heterocycles. The monoisotopic (exact) mass is 255 g/mol. The number of likely N-dealkylation sites (N-methyl/N-ethyl adjacent to an activating group) is 1. The van der Waals surface area contributed by atoms with Crippen molar-refractivity contribution in [3.63, 3.8) is 0 Å². The Hall–Kier alpha value is -0.480. The predicted molar refractivity (Wildman–Crippen MR) is 76.8 cm³/mol. The van der Waals surface area contributed by atoms with Crippen LogP contribution in [0.2, 0.25) is 0 Å². The van der Waals surface area contributed by atoms with Crippen LogP contribution >= 0.6 is 11.8 Å². The molecule has 1 aromatic heterocycles. The maximum Gasteiger partial charge on any atom is 0.0624 e. The fraction of sp³-hybridized carbons (Fsp3) is 0.769. The molecule has 0 fully saturated rings. The van der Waals surface area contributed by atoms with Gasteiger partial charge in [-0.3, -0.25) is 4.68 Å². The van der Waals surface area contributed by atoms with Gasteiger partial charge >= 0.3 is 0 Å². The first-order valence-corrected chi connectivity index (χ1v) is 7.92. The second-order valence-corrected chi connectivity index (χ2v) is 5.12. The average molecular weight is 255 g/mol. The lowest BCUT2D eigenvalue weighted by Gasteiger charge is -2.17. The van der Waals surface area contributed by atoms with Crippen molar-refractivity contribution in [2.24, 2.45) is 0 Å².